The fraction of sp³-hybridized carbons (Fsp3) is 0.556. The monoisotopic (exact) mass is 419 g/mol. The van der Waals surface area contributed by atoms with Crippen LogP contribution in [0.3, 0.4) is 0 Å². The predicted octanol–water partition coefficient (Wildman–Crippen LogP) is 4.06. The van der Waals surface area contributed by atoms with Crippen LogP contribution in [-0.4, -0.2) is 32.8 Å². The standard InChI is InChI=1S/C18H22BrN5O2/c19-14-7-8-15(16(11-14)24(25)26)22-9-4-5-13(12-22)18-21-20-17-6-2-1-3-10-23(17)18/h7-8,11,13H,1-6,9-10,12H2/t13-/m1/s1. The van der Waals surface area contributed by atoms with Crippen LogP contribution < -0.4 is 4.90 Å². The molecule has 0 N–H and O–H groups in total. The lowest BCUT2D eigenvalue weighted by Gasteiger charge is -2.33. The third-order valence-corrected chi connectivity index (χ3v) is 5.89. The van der Waals surface area contributed by atoms with E-state index in [9.17, 15) is 10.1 Å². The van der Waals surface area contributed by atoms with Crippen LogP contribution in [0, 0.1) is 10.1 Å². The van der Waals surface area contributed by atoms with E-state index in [4.69, 9.17) is 0 Å². The number of fused-ring (bicyclic) bond motifs is 1. The predicted molar refractivity (Wildman–Crippen MR) is 103 cm³/mol. The smallest absolute Gasteiger partial charge is 0.293 e. The molecule has 0 aliphatic carbocycles. The highest BCUT2D eigenvalue weighted by molar-refractivity contribution is 9.10. The van der Waals surface area contributed by atoms with Gasteiger partial charge >= 0.3 is 0 Å². The van der Waals surface area contributed by atoms with Gasteiger partial charge in [0.1, 0.15) is 17.3 Å². The molecule has 8 heteroatoms. The van der Waals surface area contributed by atoms with Crippen LogP contribution in [-0.2, 0) is 13.0 Å². The van der Waals surface area contributed by atoms with Crippen molar-refractivity contribution in [3.05, 3.63) is 44.4 Å². The van der Waals surface area contributed by atoms with Crippen molar-refractivity contribution in [2.45, 2.75) is 51.0 Å². The van der Waals surface area contributed by atoms with Crippen molar-refractivity contribution < 1.29 is 4.92 Å². The molecule has 26 heavy (non-hydrogen) atoms. The summed E-state index contributed by atoms with van der Waals surface area (Å²) >= 11 is 3.34. The molecular weight excluding hydrogens is 398 g/mol. The fourth-order valence-corrected chi connectivity index (χ4v) is 4.48. The number of piperidine rings is 1. The molecule has 0 spiro atoms. The van der Waals surface area contributed by atoms with E-state index >= 15 is 0 Å². The Morgan fingerprint density at radius 1 is 1.15 bits per heavy atom. The van der Waals surface area contributed by atoms with Crippen LogP contribution >= 0.6 is 15.9 Å². The highest BCUT2D eigenvalue weighted by atomic mass is 79.9. The normalized spacial score (nSPS) is 20.5. The Kier molecular flexibility index (Phi) is 4.93. The molecule has 1 atom stereocenters. The highest BCUT2D eigenvalue weighted by Gasteiger charge is 2.30. The molecule has 0 radical (unpaired) electrons. The van der Waals surface area contributed by atoms with Crippen LogP contribution in [0.2, 0.25) is 0 Å². The van der Waals surface area contributed by atoms with Crippen molar-refractivity contribution in [1.29, 1.82) is 0 Å². The average Bonchev–Trinajstić information content (AvgIpc) is 2.90. The first kappa shape index (κ1) is 17.5. The van der Waals surface area contributed by atoms with Crippen LogP contribution in [0.15, 0.2) is 22.7 Å². The zero-order valence-corrected chi connectivity index (χ0v) is 16.2. The second kappa shape index (κ2) is 7.34. The average molecular weight is 420 g/mol. The second-order valence-corrected chi connectivity index (χ2v) is 8.03. The van der Waals surface area contributed by atoms with Gasteiger partial charge in [0, 0.05) is 42.5 Å². The van der Waals surface area contributed by atoms with Gasteiger partial charge in [-0.15, -0.1) is 10.2 Å². The van der Waals surface area contributed by atoms with E-state index in [1.807, 2.05) is 12.1 Å². The third kappa shape index (κ3) is 3.34. The summed E-state index contributed by atoms with van der Waals surface area (Å²) in [6, 6.07) is 5.30. The molecule has 1 fully saturated rings. The van der Waals surface area contributed by atoms with Gasteiger partial charge in [-0.1, -0.05) is 22.4 Å². The summed E-state index contributed by atoms with van der Waals surface area (Å²) < 4.78 is 3.03. The zero-order valence-electron chi connectivity index (χ0n) is 14.6. The lowest BCUT2D eigenvalue weighted by Crippen LogP contribution is -2.35. The van der Waals surface area contributed by atoms with Crippen LogP contribution in [0.1, 0.15) is 49.7 Å². The summed E-state index contributed by atoms with van der Waals surface area (Å²) in [4.78, 5) is 13.3. The van der Waals surface area contributed by atoms with Gasteiger partial charge in [-0.2, -0.15) is 0 Å². The molecule has 4 rings (SSSR count). The fourth-order valence-electron chi connectivity index (χ4n) is 4.13. The molecule has 1 aromatic carbocycles. The number of nitro groups is 1. The first-order valence-electron chi connectivity index (χ1n) is 9.24. The van der Waals surface area contributed by atoms with Gasteiger partial charge < -0.3 is 9.47 Å². The van der Waals surface area contributed by atoms with E-state index < -0.39 is 0 Å². The molecule has 3 heterocycles. The van der Waals surface area contributed by atoms with Crippen molar-refractivity contribution in [1.82, 2.24) is 14.8 Å². The molecule has 0 amide bonds. The number of rotatable bonds is 3. The van der Waals surface area contributed by atoms with E-state index in [2.05, 4.69) is 35.6 Å². The molecule has 138 valence electrons. The lowest BCUT2D eigenvalue weighted by atomic mass is 9.96. The summed E-state index contributed by atoms with van der Waals surface area (Å²) in [7, 11) is 0. The molecule has 1 aromatic heterocycles. The van der Waals surface area contributed by atoms with Gasteiger partial charge in [-0.25, -0.2) is 0 Å². The number of hydrogen-bond donors (Lipinski definition) is 0. The molecule has 0 unspecified atom stereocenters. The Bertz CT molecular complexity index is 822. The Labute approximate surface area is 160 Å². The highest BCUT2D eigenvalue weighted by Crippen LogP contribution is 2.36. The van der Waals surface area contributed by atoms with Crippen molar-refractivity contribution in [3.63, 3.8) is 0 Å². The molecule has 0 bridgehead atoms. The second-order valence-electron chi connectivity index (χ2n) is 7.11. The molecular formula is C18H22BrN5O2. The number of nitro benzene ring substituents is 1. The Morgan fingerprint density at radius 3 is 2.88 bits per heavy atom. The van der Waals surface area contributed by atoms with Crippen molar-refractivity contribution in [2.24, 2.45) is 0 Å². The van der Waals surface area contributed by atoms with Crippen molar-refractivity contribution in [3.8, 4) is 0 Å². The van der Waals surface area contributed by atoms with Crippen LogP contribution in [0.4, 0.5) is 11.4 Å². The Morgan fingerprint density at radius 2 is 2.04 bits per heavy atom. The van der Waals surface area contributed by atoms with Gasteiger partial charge in [0.15, 0.2) is 0 Å². The third-order valence-electron chi connectivity index (χ3n) is 5.40. The maximum absolute atomic E-state index is 11.5. The lowest BCUT2D eigenvalue weighted by molar-refractivity contribution is -0.384. The first-order chi connectivity index (χ1) is 12.6. The molecule has 7 nitrogen and oxygen atoms in total. The van der Waals surface area contributed by atoms with E-state index in [0.717, 1.165) is 55.0 Å². The molecule has 2 aromatic rings. The number of halogens is 1. The number of hydrogen-bond acceptors (Lipinski definition) is 5. The molecule has 2 aliphatic rings. The SMILES string of the molecule is O=[N+]([O-])c1cc(Br)ccc1N1CCC[C@@H](c2nnc3n2CCCCC3)C1. The van der Waals surface area contributed by atoms with Gasteiger partial charge in [0.25, 0.3) is 5.69 Å². The van der Waals surface area contributed by atoms with Gasteiger partial charge in [0.05, 0.1) is 4.92 Å². The van der Waals surface area contributed by atoms with E-state index in [1.54, 1.807) is 6.07 Å². The van der Waals surface area contributed by atoms with Crippen LogP contribution in [0.25, 0.3) is 0 Å². The summed E-state index contributed by atoms with van der Waals surface area (Å²) in [5.74, 6) is 2.43. The summed E-state index contributed by atoms with van der Waals surface area (Å²) in [6.45, 7) is 2.58. The summed E-state index contributed by atoms with van der Waals surface area (Å²) in [5, 5.41) is 20.4. The first-order valence-corrected chi connectivity index (χ1v) is 10.0. The molecule has 1 saturated heterocycles. The Hall–Kier alpha value is -1.96. The number of aryl methyl sites for hydroxylation is 1. The van der Waals surface area contributed by atoms with E-state index in [-0.39, 0.29) is 16.5 Å². The number of aromatic nitrogens is 3. The van der Waals surface area contributed by atoms with Crippen molar-refractivity contribution in [2.75, 3.05) is 18.0 Å². The summed E-state index contributed by atoms with van der Waals surface area (Å²) in [6.07, 6.45) is 6.65. The van der Waals surface area contributed by atoms with Gasteiger partial charge in [-0.05, 0) is 37.8 Å². The minimum atomic E-state index is -0.299. The molecule has 0 saturated carbocycles. The van der Waals surface area contributed by atoms with Crippen LogP contribution in [0.5, 0.6) is 0 Å². The summed E-state index contributed by atoms with van der Waals surface area (Å²) in [5.41, 5.74) is 0.846. The number of anilines is 1. The quantitative estimate of drug-likeness (QED) is 0.553. The maximum Gasteiger partial charge on any atom is 0.293 e. The van der Waals surface area contributed by atoms with E-state index in [1.165, 1.54) is 19.3 Å². The van der Waals surface area contributed by atoms with Gasteiger partial charge in [-0.3, -0.25) is 10.1 Å². The number of benzene rings is 1. The van der Waals surface area contributed by atoms with E-state index in [0.29, 0.717) is 5.69 Å². The minimum absolute atomic E-state index is 0.153. The Balaban J connectivity index is 1.61. The van der Waals surface area contributed by atoms with Gasteiger partial charge in [0.2, 0.25) is 0 Å². The van der Waals surface area contributed by atoms with Crippen molar-refractivity contribution >= 4 is 27.3 Å². The minimum Gasteiger partial charge on any atom is -0.365 e. The maximum atomic E-state index is 11.5. The topological polar surface area (TPSA) is 77.1 Å². The largest absolute Gasteiger partial charge is 0.365 e. The number of nitrogens with zero attached hydrogens (tertiary/aromatic N) is 5. The molecule has 2 aliphatic heterocycles. The zero-order chi connectivity index (χ0) is 18.1.